The van der Waals surface area contributed by atoms with Crippen LogP contribution in [-0.4, -0.2) is 22.3 Å². The number of carboxylic acids is 1. The number of rotatable bonds is 6. The number of allylic oxidation sites excluding steroid dienone is 5. The summed E-state index contributed by atoms with van der Waals surface area (Å²) in [6, 6.07) is 0. The van der Waals surface area contributed by atoms with Crippen molar-refractivity contribution >= 4 is 5.97 Å². The van der Waals surface area contributed by atoms with Crippen molar-refractivity contribution in [2.45, 2.75) is 66.4 Å². The lowest BCUT2D eigenvalue weighted by molar-refractivity contribution is -0.131. The summed E-state index contributed by atoms with van der Waals surface area (Å²) in [5.41, 5.74) is 1.75. The predicted octanol–water partition coefficient (Wildman–Crippen LogP) is 5.47. The van der Waals surface area contributed by atoms with E-state index in [0.717, 1.165) is 19.3 Å². The molecule has 0 bridgehead atoms. The van der Waals surface area contributed by atoms with Crippen LogP contribution in [0.5, 0.6) is 0 Å². The number of carboxylic acid groups (broad SMARTS) is 1. The van der Waals surface area contributed by atoms with Crippen molar-refractivity contribution in [2.24, 2.45) is 46.8 Å². The van der Waals surface area contributed by atoms with E-state index in [4.69, 9.17) is 5.11 Å². The smallest absolute Gasteiger partial charge is 0.328 e. The third kappa shape index (κ3) is 3.87. The minimum Gasteiger partial charge on any atom is -0.478 e. The maximum absolute atomic E-state index is 10.9. The zero-order valence-corrected chi connectivity index (χ0v) is 18.1. The van der Waals surface area contributed by atoms with Crippen LogP contribution in [0.2, 0.25) is 0 Å². The normalized spacial score (nSPS) is 44.4. The summed E-state index contributed by atoms with van der Waals surface area (Å²) >= 11 is 0. The Labute approximate surface area is 170 Å². The number of aliphatic hydroxyl groups is 1. The molecule has 3 saturated carbocycles. The summed E-state index contributed by atoms with van der Waals surface area (Å²) in [6.45, 7) is 11.6. The maximum atomic E-state index is 10.9. The van der Waals surface area contributed by atoms with Gasteiger partial charge in [0.2, 0.25) is 0 Å². The quantitative estimate of drug-likeness (QED) is 0.361. The average molecular weight is 387 g/mol. The number of aliphatic hydroxyl groups excluding tert-OH is 1. The van der Waals surface area contributed by atoms with E-state index in [0.29, 0.717) is 41.4 Å². The van der Waals surface area contributed by atoms with Gasteiger partial charge in [-0.05, 0) is 73.0 Å². The Balaban J connectivity index is 2.00. The minimum atomic E-state index is -0.911. The summed E-state index contributed by atoms with van der Waals surface area (Å²) in [5, 5.41) is 19.8. The summed E-state index contributed by atoms with van der Waals surface area (Å²) in [6.07, 6.45) is 13.7. The number of carbonyl (C=O) groups is 1. The van der Waals surface area contributed by atoms with Crippen LogP contribution < -0.4 is 0 Å². The van der Waals surface area contributed by atoms with Crippen LogP contribution in [0, 0.1) is 46.8 Å². The first-order valence-corrected chi connectivity index (χ1v) is 11.1. The molecule has 0 spiro atoms. The molecule has 0 heterocycles. The van der Waals surface area contributed by atoms with Crippen LogP contribution in [0.25, 0.3) is 0 Å². The van der Waals surface area contributed by atoms with Gasteiger partial charge < -0.3 is 10.2 Å². The molecule has 3 aliphatic rings. The predicted molar refractivity (Wildman–Crippen MR) is 114 cm³/mol. The van der Waals surface area contributed by atoms with Crippen LogP contribution in [0.4, 0.5) is 0 Å². The Morgan fingerprint density at radius 2 is 1.96 bits per heavy atom. The van der Waals surface area contributed by atoms with Gasteiger partial charge in [0.05, 0.1) is 6.10 Å². The zero-order valence-electron chi connectivity index (χ0n) is 18.1. The van der Waals surface area contributed by atoms with Crippen molar-refractivity contribution in [2.75, 3.05) is 0 Å². The van der Waals surface area contributed by atoms with Gasteiger partial charge in [0.1, 0.15) is 0 Å². The van der Waals surface area contributed by atoms with Crippen molar-refractivity contribution in [3.8, 4) is 0 Å². The van der Waals surface area contributed by atoms with Gasteiger partial charge in [-0.25, -0.2) is 4.79 Å². The Kier molecular flexibility index (Phi) is 6.24. The zero-order chi connectivity index (χ0) is 20.6. The molecule has 0 amide bonds. The fourth-order valence-corrected chi connectivity index (χ4v) is 6.70. The fraction of sp³-hybridized carbons (Fsp3) is 0.720. The largest absolute Gasteiger partial charge is 0.478 e. The first-order chi connectivity index (χ1) is 13.2. The molecule has 0 saturated heterocycles. The molecule has 3 aliphatic carbocycles. The van der Waals surface area contributed by atoms with E-state index in [2.05, 4.69) is 46.8 Å². The molecule has 0 aromatic rings. The van der Waals surface area contributed by atoms with Crippen LogP contribution in [0.3, 0.4) is 0 Å². The first kappa shape index (κ1) is 21.4. The number of aliphatic carboxylic acids is 1. The molecular weight excluding hydrogens is 348 g/mol. The molecule has 0 aliphatic heterocycles. The molecule has 2 N–H and O–H groups in total. The second-order valence-corrected chi connectivity index (χ2v) is 10.0. The van der Waals surface area contributed by atoms with Crippen molar-refractivity contribution in [1.29, 1.82) is 0 Å². The van der Waals surface area contributed by atoms with Crippen LogP contribution >= 0.6 is 0 Å². The van der Waals surface area contributed by atoms with E-state index in [-0.39, 0.29) is 11.5 Å². The molecule has 3 fully saturated rings. The molecule has 156 valence electrons. The molecule has 0 aromatic carbocycles. The van der Waals surface area contributed by atoms with E-state index in [1.165, 1.54) is 18.1 Å². The first-order valence-electron chi connectivity index (χ1n) is 11.1. The van der Waals surface area contributed by atoms with E-state index in [9.17, 15) is 9.90 Å². The highest BCUT2D eigenvalue weighted by Crippen LogP contribution is 2.73. The van der Waals surface area contributed by atoms with E-state index in [1.807, 2.05) is 6.08 Å². The lowest BCUT2D eigenvalue weighted by atomic mass is 9.53. The molecular formula is C25H38O3. The van der Waals surface area contributed by atoms with Gasteiger partial charge in [0.25, 0.3) is 0 Å². The third-order valence-corrected chi connectivity index (χ3v) is 8.18. The molecule has 3 nitrogen and oxygen atoms in total. The van der Waals surface area contributed by atoms with Crippen molar-refractivity contribution in [3.05, 3.63) is 36.0 Å². The lowest BCUT2D eigenvalue weighted by Crippen LogP contribution is -2.49. The molecule has 3 rings (SSSR count). The van der Waals surface area contributed by atoms with Crippen molar-refractivity contribution in [3.63, 3.8) is 0 Å². The number of hydrogen-bond donors (Lipinski definition) is 2. The Morgan fingerprint density at radius 3 is 2.61 bits per heavy atom. The van der Waals surface area contributed by atoms with Crippen LogP contribution in [-0.2, 0) is 4.79 Å². The molecule has 3 heteroatoms. The van der Waals surface area contributed by atoms with E-state index >= 15 is 0 Å². The van der Waals surface area contributed by atoms with Gasteiger partial charge in [-0.3, -0.25) is 0 Å². The highest BCUT2D eigenvalue weighted by Gasteiger charge is 2.68. The van der Waals surface area contributed by atoms with Crippen LogP contribution in [0.1, 0.15) is 60.3 Å². The summed E-state index contributed by atoms with van der Waals surface area (Å²) in [4.78, 5) is 10.8. The molecule has 0 radical (unpaired) electrons. The highest BCUT2D eigenvalue weighted by atomic mass is 16.4. The summed E-state index contributed by atoms with van der Waals surface area (Å²) < 4.78 is 0. The van der Waals surface area contributed by atoms with E-state index in [1.54, 1.807) is 6.08 Å². The highest BCUT2D eigenvalue weighted by molar-refractivity contribution is 5.80. The molecule has 0 aromatic heterocycles. The van der Waals surface area contributed by atoms with Gasteiger partial charge in [-0.15, -0.1) is 0 Å². The summed E-state index contributed by atoms with van der Waals surface area (Å²) in [7, 11) is 0. The Morgan fingerprint density at radius 1 is 1.25 bits per heavy atom. The summed E-state index contributed by atoms with van der Waals surface area (Å²) in [5.74, 6) is 2.59. The Hall–Kier alpha value is -1.35. The SMILES string of the molecule is CCC(C)C=C(C)[C@H]1[C@@H](C=CC=CC(=O)O)[C@H]2[C@@H]([C@H]3C[C@]31C)[C@@H](O)CC[C@@H]2C. The van der Waals surface area contributed by atoms with E-state index < -0.39 is 5.97 Å². The molecule has 1 unspecified atom stereocenters. The monoisotopic (exact) mass is 386 g/mol. The molecule has 9 atom stereocenters. The van der Waals surface area contributed by atoms with Crippen LogP contribution in [0.15, 0.2) is 36.0 Å². The van der Waals surface area contributed by atoms with Gasteiger partial charge >= 0.3 is 5.97 Å². The second-order valence-electron chi connectivity index (χ2n) is 10.0. The second kappa shape index (κ2) is 8.18. The Bertz CT molecular complexity index is 675. The molecule has 28 heavy (non-hydrogen) atoms. The number of hydrogen-bond acceptors (Lipinski definition) is 2. The standard InChI is InChI=1S/C25H38O3/c1-6-15(2)13-17(4)24-18(9-7-8-10-21(27)28)22-16(3)11-12-20(26)23(22)19-14-25(19,24)5/h7-10,13,15-16,18-20,22-24,26H,6,11-12,14H2,1-5H3,(H,27,28)/t15?,16-,18-,19+,20-,22-,23-,24-,25+/m0/s1. The van der Waals surface area contributed by atoms with Gasteiger partial charge in [-0.2, -0.15) is 0 Å². The van der Waals surface area contributed by atoms with Gasteiger partial charge in [0.15, 0.2) is 0 Å². The fourth-order valence-electron chi connectivity index (χ4n) is 6.70. The topological polar surface area (TPSA) is 57.5 Å². The van der Waals surface area contributed by atoms with Gasteiger partial charge in [-0.1, -0.05) is 64.0 Å². The maximum Gasteiger partial charge on any atom is 0.328 e. The minimum absolute atomic E-state index is 0.182. The van der Waals surface area contributed by atoms with Gasteiger partial charge in [0, 0.05) is 6.08 Å². The lowest BCUT2D eigenvalue weighted by Gasteiger charge is -2.52. The van der Waals surface area contributed by atoms with Crippen molar-refractivity contribution in [1.82, 2.24) is 0 Å². The van der Waals surface area contributed by atoms with Crippen molar-refractivity contribution < 1.29 is 15.0 Å². The third-order valence-electron chi connectivity index (χ3n) is 8.18. The number of fused-ring (bicyclic) bond motifs is 3. The average Bonchev–Trinajstić information content (AvgIpc) is 3.32.